The fourth-order valence-corrected chi connectivity index (χ4v) is 3.03. The second-order valence-electron chi connectivity index (χ2n) is 6.80. The summed E-state index contributed by atoms with van der Waals surface area (Å²) in [5, 5.41) is 6.26. The molecule has 0 bridgehead atoms. The molecule has 0 saturated carbocycles. The van der Waals surface area contributed by atoms with E-state index in [-0.39, 0.29) is 12.5 Å². The molecule has 1 fully saturated rings. The van der Waals surface area contributed by atoms with Crippen LogP contribution in [0.15, 0.2) is 53.6 Å². The molecule has 0 unspecified atom stereocenters. The van der Waals surface area contributed by atoms with E-state index < -0.39 is 11.8 Å². The predicted molar refractivity (Wildman–Crippen MR) is 115 cm³/mol. The molecule has 1 aliphatic heterocycles. The van der Waals surface area contributed by atoms with Crippen LogP contribution in [0, 0.1) is 0 Å². The number of hydrogen-bond donors (Lipinski definition) is 2. The minimum atomic E-state index is -0.925. The number of hydrogen-bond acceptors (Lipinski definition) is 6. The summed E-state index contributed by atoms with van der Waals surface area (Å²) in [7, 11) is 1.47. The van der Waals surface area contributed by atoms with Crippen molar-refractivity contribution in [2.75, 3.05) is 32.1 Å². The Balaban J connectivity index is 1.49. The van der Waals surface area contributed by atoms with Crippen molar-refractivity contribution in [3.8, 4) is 11.5 Å². The van der Waals surface area contributed by atoms with Gasteiger partial charge < -0.3 is 19.7 Å². The third-order valence-corrected chi connectivity index (χ3v) is 4.62. The number of nitrogens with zero attached hydrogens (tertiary/aromatic N) is 2. The summed E-state index contributed by atoms with van der Waals surface area (Å²) in [5.41, 5.74) is 3.18. The number of likely N-dealkylation sites (tertiary alicyclic amines) is 1. The van der Waals surface area contributed by atoms with E-state index in [1.165, 1.54) is 13.3 Å². The summed E-state index contributed by atoms with van der Waals surface area (Å²) in [6, 6.07) is 13.6. The second-order valence-corrected chi connectivity index (χ2v) is 6.80. The fraction of sp³-hybridized carbons (Fsp3) is 0.273. The first kappa shape index (κ1) is 21.8. The first-order valence-corrected chi connectivity index (χ1v) is 9.85. The van der Waals surface area contributed by atoms with Gasteiger partial charge in [0.2, 0.25) is 0 Å². The minimum Gasteiger partial charge on any atom is -0.495 e. The number of ether oxygens (including phenoxy) is 2. The zero-order valence-corrected chi connectivity index (χ0v) is 17.2. The van der Waals surface area contributed by atoms with Gasteiger partial charge in [-0.1, -0.05) is 24.3 Å². The van der Waals surface area contributed by atoms with Crippen LogP contribution in [-0.4, -0.2) is 55.6 Å². The molecule has 1 aliphatic rings. The lowest BCUT2D eigenvalue weighted by Gasteiger charge is -2.15. The Labute approximate surface area is 180 Å². The fourth-order valence-electron chi connectivity index (χ4n) is 3.03. The highest BCUT2D eigenvalue weighted by Crippen LogP contribution is 2.22. The number of anilines is 1. The predicted octanol–water partition coefficient (Wildman–Crippen LogP) is 1.79. The number of benzene rings is 2. The van der Waals surface area contributed by atoms with E-state index in [2.05, 4.69) is 15.8 Å². The Bertz CT molecular complexity index is 970. The first-order valence-electron chi connectivity index (χ1n) is 9.85. The summed E-state index contributed by atoms with van der Waals surface area (Å²) < 4.78 is 10.7. The summed E-state index contributed by atoms with van der Waals surface area (Å²) in [4.78, 5) is 37.8. The maximum atomic E-state index is 12.1. The van der Waals surface area contributed by atoms with Crippen LogP contribution >= 0.6 is 0 Å². The molecule has 2 aromatic carbocycles. The molecule has 0 aliphatic carbocycles. The third-order valence-electron chi connectivity index (χ3n) is 4.62. The van der Waals surface area contributed by atoms with E-state index >= 15 is 0 Å². The Morgan fingerprint density at radius 2 is 1.84 bits per heavy atom. The average Bonchev–Trinajstić information content (AvgIpc) is 3.33. The molecule has 31 heavy (non-hydrogen) atoms. The van der Waals surface area contributed by atoms with Gasteiger partial charge in [-0.2, -0.15) is 5.10 Å². The second kappa shape index (κ2) is 10.8. The summed E-state index contributed by atoms with van der Waals surface area (Å²) >= 11 is 0. The van der Waals surface area contributed by atoms with E-state index in [0.717, 1.165) is 25.9 Å². The van der Waals surface area contributed by atoms with E-state index in [1.54, 1.807) is 53.4 Å². The largest absolute Gasteiger partial charge is 0.495 e. The van der Waals surface area contributed by atoms with Crippen LogP contribution in [0.25, 0.3) is 0 Å². The van der Waals surface area contributed by atoms with Crippen molar-refractivity contribution < 1.29 is 23.9 Å². The van der Waals surface area contributed by atoms with Crippen molar-refractivity contribution in [2.45, 2.75) is 12.8 Å². The highest BCUT2D eigenvalue weighted by Gasteiger charge is 2.18. The number of rotatable bonds is 7. The zero-order valence-electron chi connectivity index (χ0n) is 17.2. The number of carbonyl (C=O) groups excluding carboxylic acids is 3. The van der Waals surface area contributed by atoms with Gasteiger partial charge in [-0.3, -0.25) is 14.4 Å². The van der Waals surface area contributed by atoms with Gasteiger partial charge >= 0.3 is 11.8 Å². The van der Waals surface area contributed by atoms with Gasteiger partial charge in [0.05, 0.1) is 19.0 Å². The Morgan fingerprint density at radius 1 is 1.06 bits per heavy atom. The van der Waals surface area contributed by atoms with Gasteiger partial charge in [0.15, 0.2) is 6.61 Å². The van der Waals surface area contributed by atoms with Crippen LogP contribution in [-0.2, 0) is 14.4 Å². The number of nitrogens with one attached hydrogen (secondary N) is 2. The Kier molecular flexibility index (Phi) is 7.58. The monoisotopic (exact) mass is 424 g/mol. The van der Waals surface area contributed by atoms with Crippen molar-refractivity contribution in [3.05, 3.63) is 54.1 Å². The number of amides is 3. The molecular weight excluding hydrogens is 400 g/mol. The highest BCUT2D eigenvalue weighted by atomic mass is 16.5. The van der Waals surface area contributed by atoms with E-state index in [9.17, 15) is 14.4 Å². The maximum absolute atomic E-state index is 12.1. The summed E-state index contributed by atoms with van der Waals surface area (Å²) in [6.07, 6.45) is 3.43. The van der Waals surface area contributed by atoms with Gasteiger partial charge in [0, 0.05) is 13.1 Å². The molecule has 3 amide bonds. The van der Waals surface area contributed by atoms with E-state index in [0.29, 0.717) is 22.7 Å². The van der Waals surface area contributed by atoms with Crippen LogP contribution in [0.1, 0.15) is 18.4 Å². The molecule has 3 rings (SSSR count). The van der Waals surface area contributed by atoms with Crippen molar-refractivity contribution in [1.29, 1.82) is 0 Å². The molecule has 2 aromatic rings. The molecule has 1 heterocycles. The molecule has 0 spiro atoms. The molecule has 0 atom stereocenters. The lowest BCUT2D eigenvalue weighted by atomic mass is 10.2. The Hall–Kier alpha value is -3.88. The molecule has 162 valence electrons. The lowest BCUT2D eigenvalue weighted by molar-refractivity contribution is -0.136. The molecule has 2 N–H and O–H groups in total. The van der Waals surface area contributed by atoms with Crippen LogP contribution in [0.2, 0.25) is 0 Å². The summed E-state index contributed by atoms with van der Waals surface area (Å²) in [6.45, 7) is 1.53. The smallest absolute Gasteiger partial charge is 0.329 e. The molecule has 9 nitrogen and oxygen atoms in total. The molecular formula is C22H24N4O5. The number of methoxy groups -OCH3 is 1. The quantitative estimate of drug-likeness (QED) is 0.400. The minimum absolute atomic E-state index is 0.0273. The van der Waals surface area contributed by atoms with E-state index in [4.69, 9.17) is 9.47 Å². The summed E-state index contributed by atoms with van der Waals surface area (Å²) in [5.74, 6) is -0.890. The van der Waals surface area contributed by atoms with Crippen molar-refractivity contribution in [3.63, 3.8) is 0 Å². The number of para-hydroxylation sites is 2. The van der Waals surface area contributed by atoms with E-state index in [1.807, 2.05) is 0 Å². The van der Waals surface area contributed by atoms with Gasteiger partial charge in [0.25, 0.3) is 5.91 Å². The maximum Gasteiger partial charge on any atom is 0.329 e. The average molecular weight is 424 g/mol. The first-order chi connectivity index (χ1) is 15.1. The van der Waals surface area contributed by atoms with Crippen LogP contribution in [0.5, 0.6) is 11.5 Å². The third kappa shape index (κ3) is 6.30. The van der Waals surface area contributed by atoms with Gasteiger partial charge in [-0.25, -0.2) is 5.43 Å². The van der Waals surface area contributed by atoms with Crippen molar-refractivity contribution in [2.24, 2.45) is 5.10 Å². The van der Waals surface area contributed by atoms with Gasteiger partial charge in [-0.05, 0) is 42.7 Å². The topological polar surface area (TPSA) is 109 Å². The Morgan fingerprint density at radius 3 is 2.61 bits per heavy atom. The van der Waals surface area contributed by atoms with Crippen LogP contribution in [0.4, 0.5) is 5.69 Å². The standard InChI is InChI=1S/C22H24N4O5/c1-30-19-10-3-2-9-18(19)24-21(28)22(29)25-23-14-16-7-6-8-17(13-16)31-15-20(27)26-11-4-5-12-26/h2-3,6-10,13-14H,4-5,11-12,15H2,1H3,(H,24,28)(H,25,29)/b23-14-. The van der Waals surface area contributed by atoms with Gasteiger partial charge in [-0.15, -0.1) is 0 Å². The highest BCUT2D eigenvalue weighted by molar-refractivity contribution is 6.39. The number of carbonyl (C=O) groups is 3. The number of hydrazone groups is 1. The normalized spacial score (nSPS) is 13.1. The zero-order chi connectivity index (χ0) is 22.1. The molecule has 0 aromatic heterocycles. The SMILES string of the molecule is COc1ccccc1NC(=O)C(=O)N/N=C\c1cccc(OCC(=O)N2CCCC2)c1. The van der Waals surface area contributed by atoms with Crippen LogP contribution in [0.3, 0.4) is 0 Å². The van der Waals surface area contributed by atoms with Gasteiger partial charge in [0.1, 0.15) is 11.5 Å². The van der Waals surface area contributed by atoms with Crippen LogP contribution < -0.4 is 20.2 Å². The van der Waals surface area contributed by atoms with Crippen molar-refractivity contribution >= 4 is 29.6 Å². The van der Waals surface area contributed by atoms with Crippen molar-refractivity contribution in [1.82, 2.24) is 10.3 Å². The molecule has 9 heteroatoms. The molecule has 1 saturated heterocycles. The lowest BCUT2D eigenvalue weighted by Crippen LogP contribution is -2.32. The molecule has 0 radical (unpaired) electrons.